The van der Waals surface area contributed by atoms with Gasteiger partial charge in [0.1, 0.15) is 23.8 Å². The van der Waals surface area contributed by atoms with E-state index in [-0.39, 0.29) is 30.1 Å². The van der Waals surface area contributed by atoms with Crippen LogP contribution in [0.1, 0.15) is 24.5 Å². The van der Waals surface area contributed by atoms with E-state index in [1.54, 1.807) is 0 Å². The third kappa shape index (κ3) is 2.71. The van der Waals surface area contributed by atoms with Crippen LogP contribution in [0.4, 0.5) is 0 Å². The number of phenols is 1. The standard InChI is InChI=1S/C16H18O7/c1-22-11-4-7(2-3-9(11)18)16-15(21)14(20)13-10(19)5-8(17)6-12(13)23-16/h2-4,12-16,18,20-21H,5-6H2,1H3. The first kappa shape index (κ1) is 15.9. The van der Waals surface area contributed by atoms with Crippen LogP contribution in [0.25, 0.3) is 0 Å². The van der Waals surface area contributed by atoms with Gasteiger partial charge in [-0.3, -0.25) is 9.59 Å². The second-order valence-electron chi connectivity index (χ2n) is 5.92. The van der Waals surface area contributed by atoms with Crippen molar-refractivity contribution in [2.75, 3.05) is 7.11 Å². The minimum Gasteiger partial charge on any atom is -0.504 e. The first-order valence-corrected chi connectivity index (χ1v) is 7.35. The number of hydrogen-bond acceptors (Lipinski definition) is 7. The molecule has 1 heterocycles. The van der Waals surface area contributed by atoms with Gasteiger partial charge in [-0.25, -0.2) is 0 Å². The summed E-state index contributed by atoms with van der Waals surface area (Å²) in [6, 6.07) is 4.41. The number of ether oxygens (including phenoxy) is 2. The Kier molecular flexibility index (Phi) is 4.09. The molecular formula is C16H18O7. The van der Waals surface area contributed by atoms with E-state index in [0.717, 1.165) is 0 Å². The van der Waals surface area contributed by atoms with Gasteiger partial charge in [-0.1, -0.05) is 6.07 Å². The highest BCUT2D eigenvalue weighted by atomic mass is 16.5. The molecule has 1 saturated carbocycles. The fourth-order valence-electron chi connectivity index (χ4n) is 3.29. The zero-order valence-corrected chi connectivity index (χ0v) is 12.5. The summed E-state index contributed by atoms with van der Waals surface area (Å²) in [7, 11) is 1.39. The molecule has 1 aromatic rings. The molecule has 7 heteroatoms. The van der Waals surface area contributed by atoms with Crippen LogP contribution < -0.4 is 4.74 Å². The van der Waals surface area contributed by atoms with Crippen LogP contribution in [-0.2, 0) is 14.3 Å². The average molecular weight is 322 g/mol. The number of carbonyl (C=O) groups is 2. The Morgan fingerprint density at radius 3 is 2.65 bits per heavy atom. The lowest BCUT2D eigenvalue weighted by atomic mass is 9.75. The Morgan fingerprint density at radius 1 is 1.22 bits per heavy atom. The van der Waals surface area contributed by atoms with Crippen molar-refractivity contribution in [3.05, 3.63) is 23.8 Å². The van der Waals surface area contributed by atoms with Crippen molar-refractivity contribution in [3.63, 3.8) is 0 Å². The van der Waals surface area contributed by atoms with Crippen molar-refractivity contribution in [2.45, 2.75) is 37.3 Å². The molecule has 2 aliphatic rings. The number of ketones is 2. The van der Waals surface area contributed by atoms with Gasteiger partial charge in [0.05, 0.1) is 31.7 Å². The van der Waals surface area contributed by atoms with E-state index < -0.39 is 36.1 Å². The number of aromatic hydroxyl groups is 1. The lowest BCUT2D eigenvalue weighted by molar-refractivity contribution is -0.208. The molecule has 1 aliphatic heterocycles. The molecule has 0 radical (unpaired) electrons. The number of benzene rings is 1. The van der Waals surface area contributed by atoms with Crippen LogP contribution >= 0.6 is 0 Å². The SMILES string of the molecule is COc1cc(C2OC3CC(=O)CC(=O)C3C(O)C2O)ccc1O. The normalized spacial score (nSPS) is 34.1. The summed E-state index contributed by atoms with van der Waals surface area (Å²) in [4.78, 5) is 23.6. The smallest absolute Gasteiger partial charge is 0.160 e. The number of hydrogen-bond donors (Lipinski definition) is 3. The Balaban J connectivity index is 1.92. The van der Waals surface area contributed by atoms with Gasteiger partial charge in [-0.15, -0.1) is 0 Å². The molecule has 124 valence electrons. The largest absolute Gasteiger partial charge is 0.504 e. The highest BCUT2D eigenvalue weighted by Crippen LogP contribution is 2.41. The monoisotopic (exact) mass is 322 g/mol. The van der Waals surface area contributed by atoms with Gasteiger partial charge in [-0.05, 0) is 17.7 Å². The fourth-order valence-corrected chi connectivity index (χ4v) is 3.29. The molecule has 5 unspecified atom stereocenters. The van der Waals surface area contributed by atoms with Crippen molar-refractivity contribution < 1.29 is 34.4 Å². The van der Waals surface area contributed by atoms with E-state index in [2.05, 4.69) is 0 Å². The van der Waals surface area contributed by atoms with Crippen molar-refractivity contribution in [1.82, 2.24) is 0 Å². The number of aliphatic hydroxyl groups is 2. The molecule has 1 aliphatic carbocycles. The zero-order chi connectivity index (χ0) is 16.7. The highest BCUT2D eigenvalue weighted by Gasteiger charge is 2.50. The van der Waals surface area contributed by atoms with E-state index in [0.29, 0.717) is 5.56 Å². The molecule has 0 spiro atoms. The maximum absolute atomic E-state index is 12.0. The van der Waals surface area contributed by atoms with Crippen molar-refractivity contribution in [2.24, 2.45) is 5.92 Å². The first-order valence-electron chi connectivity index (χ1n) is 7.35. The van der Waals surface area contributed by atoms with Crippen LogP contribution in [0.15, 0.2) is 18.2 Å². The second-order valence-corrected chi connectivity index (χ2v) is 5.92. The summed E-state index contributed by atoms with van der Waals surface area (Å²) in [5, 5.41) is 30.3. The molecule has 3 rings (SSSR count). The van der Waals surface area contributed by atoms with E-state index in [9.17, 15) is 24.9 Å². The van der Waals surface area contributed by atoms with Crippen molar-refractivity contribution in [1.29, 1.82) is 0 Å². The predicted molar refractivity (Wildman–Crippen MR) is 77.0 cm³/mol. The zero-order valence-electron chi connectivity index (χ0n) is 12.5. The molecule has 1 aromatic carbocycles. The van der Waals surface area contributed by atoms with Crippen LogP contribution in [0.2, 0.25) is 0 Å². The highest BCUT2D eigenvalue weighted by molar-refractivity contribution is 6.03. The molecular weight excluding hydrogens is 304 g/mol. The summed E-state index contributed by atoms with van der Waals surface area (Å²) >= 11 is 0. The topological polar surface area (TPSA) is 113 Å². The van der Waals surface area contributed by atoms with Gasteiger partial charge in [-0.2, -0.15) is 0 Å². The van der Waals surface area contributed by atoms with Crippen molar-refractivity contribution in [3.8, 4) is 11.5 Å². The molecule has 23 heavy (non-hydrogen) atoms. The third-order valence-electron chi connectivity index (χ3n) is 4.45. The van der Waals surface area contributed by atoms with Crippen molar-refractivity contribution >= 4 is 11.6 Å². The first-order chi connectivity index (χ1) is 10.9. The van der Waals surface area contributed by atoms with Gasteiger partial charge < -0.3 is 24.8 Å². The number of Topliss-reactive ketones (excluding diaryl/α,β-unsaturated/α-hetero) is 2. The van der Waals surface area contributed by atoms with Gasteiger partial charge in [0.2, 0.25) is 0 Å². The molecule has 7 nitrogen and oxygen atoms in total. The quantitative estimate of drug-likeness (QED) is 0.662. The van der Waals surface area contributed by atoms with E-state index in [1.165, 1.54) is 25.3 Å². The van der Waals surface area contributed by atoms with Gasteiger partial charge in [0, 0.05) is 6.42 Å². The lowest BCUT2D eigenvalue weighted by Crippen LogP contribution is -2.56. The number of methoxy groups -OCH3 is 1. The van der Waals surface area contributed by atoms with E-state index in [4.69, 9.17) is 9.47 Å². The van der Waals surface area contributed by atoms with Gasteiger partial charge >= 0.3 is 0 Å². The number of aliphatic hydroxyl groups excluding tert-OH is 2. The molecule has 0 bridgehead atoms. The summed E-state index contributed by atoms with van der Waals surface area (Å²) in [5.41, 5.74) is 0.482. The maximum Gasteiger partial charge on any atom is 0.160 e. The molecule has 1 saturated heterocycles. The fraction of sp³-hybridized carbons (Fsp3) is 0.500. The van der Waals surface area contributed by atoms with Crippen LogP contribution in [-0.4, -0.2) is 52.3 Å². The molecule has 2 fully saturated rings. The lowest BCUT2D eigenvalue weighted by Gasteiger charge is -2.44. The molecule has 0 aromatic heterocycles. The maximum atomic E-state index is 12.0. The van der Waals surface area contributed by atoms with E-state index in [1.807, 2.05) is 0 Å². The summed E-state index contributed by atoms with van der Waals surface area (Å²) < 4.78 is 10.8. The Bertz CT molecular complexity index is 641. The Labute approximate surface area is 132 Å². The molecule has 0 amide bonds. The summed E-state index contributed by atoms with van der Waals surface area (Å²) in [6.07, 6.45) is -4.49. The number of phenolic OH excluding ortho intramolecular Hbond substituents is 1. The molecule has 3 N–H and O–H groups in total. The van der Waals surface area contributed by atoms with Crippen LogP contribution in [0, 0.1) is 5.92 Å². The van der Waals surface area contributed by atoms with Crippen LogP contribution in [0.5, 0.6) is 11.5 Å². The number of fused-ring (bicyclic) bond motifs is 1. The molecule has 5 atom stereocenters. The summed E-state index contributed by atoms with van der Waals surface area (Å²) in [6.45, 7) is 0. The average Bonchev–Trinajstić information content (AvgIpc) is 2.50. The van der Waals surface area contributed by atoms with E-state index >= 15 is 0 Å². The summed E-state index contributed by atoms with van der Waals surface area (Å²) in [5.74, 6) is -1.40. The Morgan fingerprint density at radius 2 is 1.96 bits per heavy atom. The van der Waals surface area contributed by atoms with Gasteiger partial charge in [0.25, 0.3) is 0 Å². The predicted octanol–water partition coefficient (Wildman–Crippen LogP) is 0.111. The van der Waals surface area contributed by atoms with Gasteiger partial charge in [0.15, 0.2) is 11.5 Å². The number of rotatable bonds is 2. The second kappa shape index (κ2) is 5.92. The number of carbonyl (C=O) groups excluding carboxylic acids is 2. The minimum absolute atomic E-state index is 0.0336. The minimum atomic E-state index is -1.32. The Hall–Kier alpha value is -1.96. The van der Waals surface area contributed by atoms with Crippen LogP contribution in [0.3, 0.4) is 0 Å². The third-order valence-corrected chi connectivity index (χ3v) is 4.45.